The van der Waals surface area contributed by atoms with Gasteiger partial charge in [-0.1, -0.05) is 67.1 Å². The lowest BCUT2D eigenvalue weighted by molar-refractivity contribution is -0.141. The Balaban J connectivity index is 1.91. The fourth-order valence-electron chi connectivity index (χ4n) is 4.47. The predicted molar refractivity (Wildman–Crippen MR) is 161 cm³/mol. The summed E-state index contributed by atoms with van der Waals surface area (Å²) in [6, 6.07) is 22.3. The Morgan fingerprint density at radius 1 is 0.850 bits per heavy atom. The fourth-order valence-corrected chi connectivity index (χ4v) is 4.69. The minimum absolute atomic E-state index is 0.00487. The Kier molecular flexibility index (Phi) is 12.4. The van der Waals surface area contributed by atoms with Crippen LogP contribution in [0.25, 0.3) is 0 Å². The van der Waals surface area contributed by atoms with Gasteiger partial charge in [0.05, 0.1) is 13.2 Å². The van der Waals surface area contributed by atoms with Crippen molar-refractivity contribution >= 4 is 23.4 Å². The molecule has 3 aromatic rings. The Hall–Kier alpha value is -3.51. The van der Waals surface area contributed by atoms with Crippen LogP contribution in [0.3, 0.4) is 0 Å². The fraction of sp³-hybridized carbons (Fsp3) is 0.394. The lowest BCUT2D eigenvalue weighted by atomic mass is 10.0. The summed E-state index contributed by atoms with van der Waals surface area (Å²) in [7, 11) is 0. The molecule has 2 amide bonds. The van der Waals surface area contributed by atoms with Gasteiger partial charge in [-0.25, -0.2) is 0 Å². The van der Waals surface area contributed by atoms with Crippen molar-refractivity contribution in [3.05, 3.63) is 94.5 Å². The van der Waals surface area contributed by atoms with Gasteiger partial charge in [-0.15, -0.1) is 0 Å². The molecule has 0 aromatic heterocycles. The Labute approximate surface area is 243 Å². The van der Waals surface area contributed by atoms with Crippen molar-refractivity contribution in [1.82, 2.24) is 10.2 Å². The number of amides is 2. The average Bonchev–Trinajstić information content (AvgIpc) is 2.95. The molecule has 0 bridgehead atoms. The number of nitrogens with one attached hydrogen (secondary N) is 1. The highest BCUT2D eigenvalue weighted by Gasteiger charge is 2.31. The van der Waals surface area contributed by atoms with Crippen LogP contribution < -0.4 is 14.8 Å². The molecule has 2 atom stereocenters. The van der Waals surface area contributed by atoms with Gasteiger partial charge in [0.2, 0.25) is 11.8 Å². The molecule has 0 fully saturated rings. The van der Waals surface area contributed by atoms with Gasteiger partial charge in [0.1, 0.15) is 6.04 Å². The number of aryl methyl sites for hydroxylation is 1. The van der Waals surface area contributed by atoms with Gasteiger partial charge in [0, 0.05) is 30.5 Å². The molecule has 0 radical (unpaired) electrons. The van der Waals surface area contributed by atoms with Crippen molar-refractivity contribution in [3.63, 3.8) is 0 Å². The monoisotopic (exact) mass is 564 g/mol. The molecule has 6 nitrogen and oxygen atoms in total. The average molecular weight is 565 g/mol. The predicted octanol–water partition coefficient (Wildman–Crippen LogP) is 6.62. The molecule has 3 rings (SSSR count). The minimum Gasteiger partial charge on any atom is -0.490 e. The van der Waals surface area contributed by atoms with Crippen molar-refractivity contribution in [2.24, 2.45) is 0 Å². The topological polar surface area (TPSA) is 67.9 Å². The zero-order valence-corrected chi connectivity index (χ0v) is 24.7. The standard InChI is InChI=1S/C33H41ClN2O4/c1-5-24(4)35-33(38)29(21-25-12-9-8-10-13-25)36(23-27-14-11-15-28(34)20-27)32(37)19-17-26-16-18-30(39-6-2)31(22-26)40-7-3/h8-16,18,20,22,24,29H,5-7,17,19,21,23H2,1-4H3,(H,35,38)/t24-,29+/m0/s1. The lowest BCUT2D eigenvalue weighted by Gasteiger charge is -2.32. The highest BCUT2D eigenvalue weighted by Crippen LogP contribution is 2.29. The number of ether oxygens (including phenoxy) is 2. The maximum absolute atomic E-state index is 13.9. The molecule has 0 spiro atoms. The molecule has 0 unspecified atom stereocenters. The normalized spacial score (nSPS) is 12.3. The molecule has 0 aliphatic carbocycles. The first-order chi connectivity index (χ1) is 19.3. The molecule has 0 saturated heterocycles. The van der Waals surface area contributed by atoms with Crippen LogP contribution in [0.2, 0.25) is 5.02 Å². The Morgan fingerprint density at radius 3 is 2.23 bits per heavy atom. The maximum Gasteiger partial charge on any atom is 0.243 e. The first-order valence-electron chi connectivity index (χ1n) is 14.1. The third-order valence-corrected chi connectivity index (χ3v) is 6.98. The van der Waals surface area contributed by atoms with E-state index in [4.69, 9.17) is 21.1 Å². The number of carbonyl (C=O) groups excluding carboxylic acids is 2. The van der Waals surface area contributed by atoms with Gasteiger partial charge in [-0.2, -0.15) is 0 Å². The number of hydrogen-bond donors (Lipinski definition) is 1. The van der Waals surface area contributed by atoms with Crippen LogP contribution in [0.1, 0.15) is 57.2 Å². The number of hydrogen-bond acceptors (Lipinski definition) is 4. The van der Waals surface area contributed by atoms with Gasteiger partial charge in [-0.3, -0.25) is 9.59 Å². The summed E-state index contributed by atoms with van der Waals surface area (Å²) >= 11 is 6.28. The minimum atomic E-state index is -0.679. The van der Waals surface area contributed by atoms with Crippen LogP contribution in [0.15, 0.2) is 72.8 Å². The summed E-state index contributed by atoms with van der Waals surface area (Å²) in [6.07, 6.45) is 1.95. The SMILES string of the molecule is CCOc1ccc(CCC(=O)N(Cc2cccc(Cl)c2)[C@H](Cc2ccccc2)C(=O)N[C@@H](C)CC)cc1OCC. The molecular formula is C33H41ClN2O4. The highest BCUT2D eigenvalue weighted by atomic mass is 35.5. The summed E-state index contributed by atoms with van der Waals surface area (Å²) in [5.41, 5.74) is 2.82. The molecule has 0 saturated carbocycles. The van der Waals surface area contributed by atoms with Crippen molar-refractivity contribution in [3.8, 4) is 11.5 Å². The van der Waals surface area contributed by atoms with Gasteiger partial charge < -0.3 is 19.7 Å². The molecule has 0 aliphatic heterocycles. The summed E-state index contributed by atoms with van der Waals surface area (Å²) in [5.74, 6) is 1.09. The smallest absolute Gasteiger partial charge is 0.243 e. The van der Waals surface area contributed by atoms with E-state index in [1.807, 2.05) is 94.4 Å². The van der Waals surface area contributed by atoms with Crippen molar-refractivity contribution in [2.75, 3.05) is 13.2 Å². The van der Waals surface area contributed by atoms with E-state index in [9.17, 15) is 9.59 Å². The van der Waals surface area contributed by atoms with Crippen molar-refractivity contribution < 1.29 is 19.1 Å². The third-order valence-electron chi connectivity index (χ3n) is 6.75. The number of benzene rings is 3. The van der Waals surface area contributed by atoms with Crippen LogP contribution >= 0.6 is 11.6 Å². The molecule has 0 aliphatic rings. The second kappa shape index (κ2) is 15.9. The van der Waals surface area contributed by atoms with Crippen LogP contribution in [0, 0.1) is 0 Å². The van der Waals surface area contributed by atoms with E-state index >= 15 is 0 Å². The van der Waals surface area contributed by atoms with Crippen LogP contribution in [-0.4, -0.2) is 42.0 Å². The first kappa shape index (κ1) is 31.0. The Morgan fingerprint density at radius 2 is 1.55 bits per heavy atom. The lowest BCUT2D eigenvalue weighted by Crippen LogP contribution is -2.52. The summed E-state index contributed by atoms with van der Waals surface area (Å²) in [6.45, 7) is 9.19. The van der Waals surface area contributed by atoms with Gasteiger partial charge in [-0.05, 0) is 74.6 Å². The second-order valence-electron chi connectivity index (χ2n) is 9.82. The number of halogens is 1. The van der Waals surface area contributed by atoms with Crippen LogP contribution in [0.5, 0.6) is 11.5 Å². The van der Waals surface area contributed by atoms with E-state index < -0.39 is 6.04 Å². The molecule has 40 heavy (non-hydrogen) atoms. The molecule has 7 heteroatoms. The molecule has 1 N–H and O–H groups in total. The molecule has 214 valence electrons. The molecule has 0 heterocycles. The van der Waals surface area contributed by atoms with E-state index in [0.717, 1.165) is 23.1 Å². The highest BCUT2D eigenvalue weighted by molar-refractivity contribution is 6.30. The van der Waals surface area contributed by atoms with Gasteiger partial charge in [0.15, 0.2) is 11.5 Å². The van der Waals surface area contributed by atoms with Crippen molar-refractivity contribution in [2.45, 2.75) is 72.0 Å². The quantitative estimate of drug-likeness (QED) is 0.225. The number of rotatable bonds is 15. The molecular weight excluding hydrogens is 524 g/mol. The third kappa shape index (κ3) is 9.30. The number of carbonyl (C=O) groups is 2. The zero-order valence-electron chi connectivity index (χ0n) is 24.0. The van der Waals surface area contributed by atoms with E-state index in [2.05, 4.69) is 5.32 Å². The molecule has 3 aromatic carbocycles. The van der Waals surface area contributed by atoms with E-state index in [1.54, 1.807) is 11.0 Å². The largest absolute Gasteiger partial charge is 0.490 e. The Bertz CT molecular complexity index is 1230. The van der Waals surface area contributed by atoms with E-state index in [-0.39, 0.29) is 30.8 Å². The summed E-state index contributed by atoms with van der Waals surface area (Å²) < 4.78 is 11.5. The van der Waals surface area contributed by atoms with Gasteiger partial charge >= 0.3 is 0 Å². The van der Waals surface area contributed by atoms with Crippen LogP contribution in [0.4, 0.5) is 0 Å². The summed E-state index contributed by atoms with van der Waals surface area (Å²) in [5, 5.41) is 3.70. The number of nitrogens with zero attached hydrogens (tertiary/aromatic N) is 1. The van der Waals surface area contributed by atoms with Crippen molar-refractivity contribution in [1.29, 1.82) is 0 Å². The van der Waals surface area contributed by atoms with E-state index in [1.165, 1.54) is 0 Å². The maximum atomic E-state index is 13.9. The van der Waals surface area contributed by atoms with Crippen LogP contribution in [-0.2, 0) is 29.0 Å². The van der Waals surface area contributed by atoms with Gasteiger partial charge in [0.25, 0.3) is 0 Å². The second-order valence-corrected chi connectivity index (χ2v) is 10.3. The van der Waals surface area contributed by atoms with E-state index in [0.29, 0.717) is 42.6 Å². The summed E-state index contributed by atoms with van der Waals surface area (Å²) in [4.78, 5) is 29.3. The first-order valence-corrected chi connectivity index (χ1v) is 14.5. The zero-order chi connectivity index (χ0) is 28.9.